The van der Waals surface area contributed by atoms with Gasteiger partial charge in [0, 0.05) is 18.5 Å². The molecule has 0 aliphatic carbocycles. The van der Waals surface area contributed by atoms with E-state index in [-0.39, 0.29) is 0 Å². The van der Waals surface area contributed by atoms with Gasteiger partial charge in [0.25, 0.3) is 0 Å². The molecule has 0 amide bonds. The summed E-state index contributed by atoms with van der Waals surface area (Å²) >= 11 is 1.45. The number of aromatic nitrogens is 1. The normalized spacial score (nSPS) is 9.89. The van der Waals surface area contributed by atoms with E-state index < -0.39 is 0 Å². The van der Waals surface area contributed by atoms with Crippen LogP contribution in [0.25, 0.3) is 10.2 Å². The van der Waals surface area contributed by atoms with Crippen molar-refractivity contribution in [1.29, 1.82) is 0 Å². The Morgan fingerprint density at radius 2 is 2.11 bits per heavy atom. The van der Waals surface area contributed by atoms with Crippen LogP contribution in [0.1, 0.15) is 29.9 Å². The number of nitrogens with two attached hydrogens (primary N) is 1. The lowest BCUT2D eigenvalue weighted by Crippen LogP contribution is -2.24. The van der Waals surface area contributed by atoms with Crippen molar-refractivity contribution < 1.29 is 4.79 Å². The molecule has 104 valence electrons. The van der Waals surface area contributed by atoms with E-state index >= 15 is 0 Å². The van der Waals surface area contributed by atoms with Crippen molar-refractivity contribution in [3.63, 3.8) is 0 Å². The summed E-state index contributed by atoms with van der Waals surface area (Å²) in [7, 11) is 1.50. The van der Waals surface area contributed by atoms with Crippen molar-refractivity contribution in [2.45, 2.75) is 20.3 Å². The monoisotopic (exact) mass is 279 g/mol. The minimum Gasteiger partial charge on any atom is -0.357 e. The standard InChI is InChI=1S/C13H16N2OS.CH5N/c1-3-7-15(4-2)12-6-5-10-8-11(9-16)17-13(10)14-12;1-2/h5-6,8-9H,3-4,7H2,1-2H3;2H2,1H3. The topological polar surface area (TPSA) is 59.2 Å². The van der Waals surface area contributed by atoms with Gasteiger partial charge in [-0.1, -0.05) is 6.92 Å². The zero-order valence-electron chi connectivity index (χ0n) is 11.7. The highest BCUT2D eigenvalue weighted by molar-refractivity contribution is 7.20. The van der Waals surface area contributed by atoms with Crippen LogP contribution < -0.4 is 10.6 Å². The average Bonchev–Trinajstić information content (AvgIpc) is 2.89. The number of carbonyl (C=O) groups excluding carboxylic acids is 1. The van der Waals surface area contributed by atoms with E-state index in [1.54, 1.807) is 0 Å². The third kappa shape index (κ3) is 3.75. The SMILES string of the molecule is CCCN(CC)c1ccc2cc(C=O)sc2n1.CN. The number of fused-ring (bicyclic) bond motifs is 1. The molecule has 2 aromatic rings. The highest BCUT2D eigenvalue weighted by atomic mass is 32.1. The molecule has 0 aliphatic rings. The first kappa shape index (κ1) is 15.6. The van der Waals surface area contributed by atoms with Crippen molar-refractivity contribution >= 4 is 33.7 Å². The summed E-state index contributed by atoms with van der Waals surface area (Å²) in [5.41, 5.74) is 4.50. The molecule has 2 rings (SSSR count). The summed E-state index contributed by atoms with van der Waals surface area (Å²) in [6, 6.07) is 5.96. The van der Waals surface area contributed by atoms with Crippen molar-refractivity contribution in [1.82, 2.24) is 4.98 Å². The molecule has 0 atom stereocenters. The quantitative estimate of drug-likeness (QED) is 0.855. The lowest BCUT2D eigenvalue weighted by molar-refractivity contribution is 0.112. The summed E-state index contributed by atoms with van der Waals surface area (Å²) < 4.78 is 0. The van der Waals surface area contributed by atoms with Gasteiger partial charge in [-0.05, 0) is 38.6 Å². The summed E-state index contributed by atoms with van der Waals surface area (Å²) in [6.07, 6.45) is 1.99. The van der Waals surface area contributed by atoms with Crippen molar-refractivity contribution in [3.8, 4) is 0 Å². The number of hydrogen-bond donors (Lipinski definition) is 1. The molecular formula is C14H21N3OS. The summed E-state index contributed by atoms with van der Waals surface area (Å²) in [6.45, 7) is 6.27. The molecule has 0 aliphatic heterocycles. The number of anilines is 1. The molecule has 0 saturated heterocycles. The number of nitrogens with zero attached hydrogens (tertiary/aromatic N) is 2. The molecule has 0 saturated carbocycles. The summed E-state index contributed by atoms with van der Waals surface area (Å²) in [5, 5.41) is 1.05. The third-order valence-electron chi connectivity index (χ3n) is 2.70. The Balaban J connectivity index is 0.000000861. The Hall–Kier alpha value is -1.46. The van der Waals surface area contributed by atoms with Gasteiger partial charge in [-0.25, -0.2) is 4.98 Å². The molecule has 19 heavy (non-hydrogen) atoms. The lowest BCUT2D eigenvalue weighted by atomic mass is 10.3. The van der Waals surface area contributed by atoms with Crippen LogP contribution in [0.3, 0.4) is 0 Å². The molecule has 0 fully saturated rings. The van der Waals surface area contributed by atoms with Crippen LogP contribution in [0.15, 0.2) is 18.2 Å². The molecule has 2 aromatic heterocycles. The van der Waals surface area contributed by atoms with Crippen LogP contribution in [-0.2, 0) is 0 Å². The number of thiophene rings is 1. The number of hydrogen-bond acceptors (Lipinski definition) is 5. The van der Waals surface area contributed by atoms with E-state index in [4.69, 9.17) is 0 Å². The maximum Gasteiger partial charge on any atom is 0.160 e. The van der Waals surface area contributed by atoms with Crippen LogP contribution in [0.4, 0.5) is 5.82 Å². The largest absolute Gasteiger partial charge is 0.357 e. The Kier molecular flexibility index (Phi) is 6.45. The van der Waals surface area contributed by atoms with Gasteiger partial charge in [-0.2, -0.15) is 0 Å². The maximum atomic E-state index is 10.7. The average molecular weight is 279 g/mol. The fraction of sp³-hybridized carbons (Fsp3) is 0.429. The molecule has 0 aromatic carbocycles. The number of carbonyl (C=O) groups is 1. The molecule has 4 nitrogen and oxygen atoms in total. The van der Waals surface area contributed by atoms with Gasteiger partial charge in [0.05, 0.1) is 4.88 Å². The van der Waals surface area contributed by atoms with E-state index in [0.29, 0.717) is 0 Å². The first-order valence-electron chi connectivity index (χ1n) is 6.47. The summed E-state index contributed by atoms with van der Waals surface area (Å²) in [4.78, 5) is 19.3. The molecule has 0 radical (unpaired) electrons. The van der Waals surface area contributed by atoms with E-state index in [1.807, 2.05) is 18.2 Å². The fourth-order valence-corrected chi connectivity index (χ4v) is 2.71. The first-order valence-corrected chi connectivity index (χ1v) is 7.28. The van der Waals surface area contributed by atoms with Gasteiger partial charge in [0.15, 0.2) is 6.29 Å². The molecule has 5 heteroatoms. The van der Waals surface area contributed by atoms with E-state index in [9.17, 15) is 4.79 Å². The van der Waals surface area contributed by atoms with Gasteiger partial charge in [0.2, 0.25) is 0 Å². The van der Waals surface area contributed by atoms with Crippen molar-refractivity contribution in [3.05, 3.63) is 23.1 Å². The fourth-order valence-electron chi connectivity index (χ4n) is 1.87. The van der Waals surface area contributed by atoms with Crippen LogP contribution >= 0.6 is 11.3 Å². The smallest absolute Gasteiger partial charge is 0.160 e. The Morgan fingerprint density at radius 3 is 2.68 bits per heavy atom. The second kappa shape index (κ2) is 7.86. The first-order chi connectivity index (χ1) is 9.28. The Labute approximate surface area is 118 Å². The van der Waals surface area contributed by atoms with E-state index in [2.05, 4.69) is 29.5 Å². The zero-order chi connectivity index (χ0) is 14.3. The number of aldehydes is 1. The van der Waals surface area contributed by atoms with Crippen LogP contribution in [-0.4, -0.2) is 31.4 Å². The predicted molar refractivity (Wildman–Crippen MR) is 83.3 cm³/mol. The minimum absolute atomic E-state index is 0.739. The Bertz CT molecular complexity index is 524. The van der Waals surface area contributed by atoms with Crippen LogP contribution in [0, 0.1) is 0 Å². The van der Waals surface area contributed by atoms with Gasteiger partial charge in [-0.15, -0.1) is 11.3 Å². The second-order valence-electron chi connectivity index (χ2n) is 3.91. The lowest BCUT2D eigenvalue weighted by Gasteiger charge is -2.20. The van der Waals surface area contributed by atoms with Gasteiger partial charge in [-0.3, -0.25) is 4.79 Å². The highest BCUT2D eigenvalue weighted by Gasteiger charge is 2.07. The van der Waals surface area contributed by atoms with Gasteiger partial charge < -0.3 is 10.6 Å². The molecule has 0 bridgehead atoms. The summed E-state index contributed by atoms with van der Waals surface area (Å²) in [5.74, 6) is 1.00. The van der Waals surface area contributed by atoms with Crippen molar-refractivity contribution in [2.24, 2.45) is 5.73 Å². The van der Waals surface area contributed by atoms with Gasteiger partial charge >= 0.3 is 0 Å². The molecule has 2 heterocycles. The molecule has 0 spiro atoms. The Morgan fingerprint density at radius 1 is 1.37 bits per heavy atom. The molecule has 0 unspecified atom stereocenters. The second-order valence-corrected chi connectivity index (χ2v) is 4.97. The molecular weight excluding hydrogens is 258 g/mol. The van der Waals surface area contributed by atoms with Gasteiger partial charge in [0.1, 0.15) is 10.6 Å². The number of pyridine rings is 1. The highest BCUT2D eigenvalue weighted by Crippen LogP contribution is 2.25. The van der Waals surface area contributed by atoms with Crippen molar-refractivity contribution in [2.75, 3.05) is 25.0 Å². The predicted octanol–water partition coefficient (Wildman–Crippen LogP) is 2.92. The minimum atomic E-state index is 0.739. The van der Waals surface area contributed by atoms with E-state index in [1.165, 1.54) is 18.4 Å². The third-order valence-corrected chi connectivity index (χ3v) is 3.67. The zero-order valence-corrected chi connectivity index (χ0v) is 12.5. The molecule has 2 N–H and O–H groups in total. The maximum absolute atomic E-state index is 10.7. The number of rotatable bonds is 5. The van der Waals surface area contributed by atoms with Crippen LogP contribution in [0.2, 0.25) is 0 Å². The van der Waals surface area contributed by atoms with E-state index in [0.717, 1.165) is 46.7 Å². The van der Waals surface area contributed by atoms with Crippen LogP contribution in [0.5, 0.6) is 0 Å².